The third-order valence-corrected chi connectivity index (χ3v) is 5.19. The van der Waals surface area contributed by atoms with Gasteiger partial charge < -0.3 is 9.84 Å². The highest BCUT2D eigenvalue weighted by Crippen LogP contribution is 2.24. The normalized spacial score (nSPS) is 17.6. The number of nitrogens with zero attached hydrogens (tertiary/aromatic N) is 1. The summed E-state index contributed by atoms with van der Waals surface area (Å²) in [6, 6.07) is 16.2. The number of carbonyl (C=O) groups is 1. The lowest BCUT2D eigenvalue weighted by atomic mass is 10.1. The van der Waals surface area contributed by atoms with Crippen LogP contribution in [0.2, 0.25) is 0 Å². The minimum absolute atomic E-state index is 0.312. The Balaban J connectivity index is 1.47. The van der Waals surface area contributed by atoms with Gasteiger partial charge in [0, 0.05) is 10.1 Å². The van der Waals surface area contributed by atoms with Gasteiger partial charge in [0.15, 0.2) is 0 Å². The molecule has 0 bridgehead atoms. The molecule has 3 rings (SSSR count). The van der Waals surface area contributed by atoms with E-state index < -0.39 is 5.97 Å². The Morgan fingerprint density at radius 1 is 1.20 bits per heavy atom. The lowest BCUT2D eigenvalue weighted by molar-refractivity contribution is -0.142. The molecule has 1 saturated heterocycles. The fourth-order valence-corrected chi connectivity index (χ4v) is 3.79. The average Bonchev–Trinajstić information content (AvgIpc) is 3.08. The molecule has 1 fully saturated rings. The van der Waals surface area contributed by atoms with Gasteiger partial charge in [-0.15, -0.1) is 0 Å². The molecule has 2 aromatic carbocycles. The quantitative estimate of drug-likeness (QED) is 0.505. The van der Waals surface area contributed by atoms with Crippen molar-refractivity contribution < 1.29 is 14.6 Å². The summed E-state index contributed by atoms with van der Waals surface area (Å²) in [5.74, 6) is 0.148. The molecule has 1 N–H and O–H groups in total. The molecule has 1 unspecified atom stereocenters. The lowest BCUT2D eigenvalue weighted by Gasteiger charge is -2.20. The predicted molar refractivity (Wildman–Crippen MR) is 107 cm³/mol. The van der Waals surface area contributed by atoms with E-state index in [2.05, 4.69) is 59.0 Å². The highest BCUT2D eigenvalue weighted by Gasteiger charge is 2.29. The van der Waals surface area contributed by atoms with Crippen LogP contribution < -0.4 is 4.74 Å². The van der Waals surface area contributed by atoms with E-state index in [-0.39, 0.29) is 6.04 Å². The molecule has 0 saturated carbocycles. The Hall–Kier alpha value is -1.60. The van der Waals surface area contributed by atoms with Gasteiger partial charge in [0.05, 0.1) is 6.61 Å². The molecule has 5 heteroatoms. The number of benzene rings is 2. The first kappa shape index (κ1) is 18.2. The van der Waals surface area contributed by atoms with Crippen molar-refractivity contribution >= 4 is 28.6 Å². The van der Waals surface area contributed by atoms with Crippen LogP contribution in [0.25, 0.3) is 11.1 Å². The molecule has 0 aromatic heterocycles. The molecular weight excluding hydrogens is 429 g/mol. The summed E-state index contributed by atoms with van der Waals surface area (Å²) in [6.07, 6.45) is 2.57. The Labute approximate surface area is 161 Å². The van der Waals surface area contributed by atoms with Crippen LogP contribution in [-0.4, -0.2) is 41.7 Å². The number of ether oxygens (including phenoxy) is 1. The van der Waals surface area contributed by atoms with Gasteiger partial charge in [-0.05, 0) is 83.8 Å². The summed E-state index contributed by atoms with van der Waals surface area (Å²) in [7, 11) is 0. The second-order valence-corrected chi connectivity index (χ2v) is 7.51. The summed E-state index contributed by atoms with van der Waals surface area (Å²) in [5, 5.41) is 9.18. The molecule has 0 amide bonds. The van der Waals surface area contributed by atoms with Gasteiger partial charge in [-0.3, -0.25) is 9.69 Å². The van der Waals surface area contributed by atoms with Crippen molar-refractivity contribution in [3.05, 3.63) is 52.1 Å². The molecule has 0 radical (unpaired) electrons. The maximum atomic E-state index is 11.2. The molecule has 1 heterocycles. The molecule has 1 aliphatic rings. The van der Waals surface area contributed by atoms with Crippen molar-refractivity contribution in [3.8, 4) is 16.9 Å². The number of carboxylic acid groups (broad SMARTS) is 1. The minimum atomic E-state index is -0.704. The number of aliphatic carboxylic acids is 1. The smallest absolute Gasteiger partial charge is 0.320 e. The van der Waals surface area contributed by atoms with Gasteiger partial charge in [-0.25, -0.2) is 0 Å². The molecule has 1 aliphatic heterocycles. The number of halogens is 1. The maximum absolute atomic E-state index is 11.2. The fraction of sp³-hybridized carbons (Fsp3) is 0.350. The zero-order valence-corrected chi connectivity index (χ0v) is 16.2. The van der Waals surface area contributed by atoms with Crippen LogP contribution in [0.4, 0.5) is 0 Å². The van der Waals surface area contributed by atoms with Gasteiger partial charge in [-0.1, -0.05) is 24.3 Å². The van der Waals surface area contributed by atoms with Crippen molar-refractivity contribution in [2.24, 2.45) is 0 Å². The summed E-state index contributed by atoms with van der Waals surface area (Å²) >= 11 is 2.32. The monoisotopic (exact) mass is 451 g/mol. The van der Waals surface area contributed by atoms with Crippen LogP contribution >= 0.6 is 22.6 Å². The third-order valence-electron chi connectivity index (χ3n) is 4.52. The Bertz CT molecular complexity index is 717. The molecule has 1 atom stereocenters. The van der Waals surface area contributed by atoms with Gasteiger partial charge in [0.25, 0.3) is 0 Å². The fourth-order valence-electron chi connectivity index (χ4n) is 3.24. The molecule has 0 spiro atoms. The van der Waals surface area contributed by atoms with Crippen molar-refractivity contribution in [1.29, 1.82) is 0 Å². The Morgan fingerprint density at radius 3 is 2.72 bits per heavy atom. The van der Waals surface area contributed by atoms with E-state index in [0.717, 1.165) is 38.1 Å². The summed E-state index contributed by atoms with van der Waals surface area (Å²) in [6.45, 7) is 2.25. The van der Waals surface area contributed by atoms with Crippen LogP contribution in [0.15, 0.2) is 48.5 Å². The summed E-state index contributed by atoms with van der Waals surface area (Å²) in [4.78, 5) is 13.2. The van der Waals surface area contributed by atoms with Crippen molar-refractivity contribution in [2.75, 3.05) is 19.7 Å². The molecule has 2 aromatic rings. The second-order valence-electron chi connectivity index (χ2n) is 6.27. The van der Waals surface area contributed by atoms with E-state index in [1.807, 2.05) is 17.0 Å². The van der Waals surface area contributed by atoms with E-state index in [9.17, 15) is 9.90 Å². The number of hydrogen-bond donors (Lipinski definition) is 1. The lowest BCUT2D eigenvalue weighted by Crippen LogP contribution is -2.36. The molecule has 0 aliphatic carbocycles. The zero-order valence-electron chi connectivity index (χ0n) is 14.0. The molecule has 132 valence electrons. The minimum Gasteiger partial charge on any atom is -0.494 e. The Morgan fingerprint density at radius 2 is 2.00 bits per heavy atom. The average molecular weight is 451 g/mol. The summed E-state index contributed by atoms with van der Waals surface area (Å²) in [5.41, 5.74) is 2.37. The maximum Gasteiger partial charge on any atom is 0.320 e. The van der Waals surface area contributed by atoms with Gasteiger partial charge >= 0.3 is 5.97 Å². The van der Waals surface area contributed by atoms with Crippen molar-refractivity contribution in [3.63, 3.8) is 0 Å². The highest BCUT2D eigenvalue weighted by molar-refractivity contribution is 14.1. The molecule has 25 heavy (non-hydrogen) atoms. The second kappa shape index (κ2) is 8.67. The highest BCUT2D eigenvalue weighted by atomic mass is 127. The van der Waals surface area contributed by atoms with Crippen LogP contribution in [0, 0.1) is 3.57 Å². The number of carboxylic acids is 1. The first-order valence-electron chi connectivity index (χ1n) is 8.59. The van der Waals surface area contributed by atoms with E-state index in [0.29, 0.717) is 6.61 Å². The topological polar surface area (TPSA) is 49.8 Å². The molecule has 4 nitrogen and oxygen atoms in total. The third kappa shape index (κ3) is 4.95. The standard InChI is InChI=1S/C20H22INO3/c21-17-5-1-4-16(14-17)15-7-9-18(10-8-15)25-13-3-12-22-11-2-6-19(22)20(23)24/h1,4-5,7-10,14,19H,2-3,6,11-13H2,(H,23,24). The van der Waals surface area contributed by atoms with Crippen LogP contribution in [0.3, 0.4) is 0 Å². The predicted octanol–water partition coefficient (Wildman–Crippen LogP) is 4.28. The van der Waals surface area contributed by atoms with E-state index in [1.54, 1.807) is 0 Å². The van der Waals surface area contributed by atoms with E-state index in [4.69, 9.17) is 4.74 Å². The first-order chi connectivity index (χ1) is 12.1. The van der Waals surface area contributed by atoms with Gasteiger partial charge in [0.1, 0.15) is 11.8 Å². The Kier molecular flexibility index (Phi) is 6.31. The van der Waals surface area contributed by atoms with Crippen LogP contribution in [-0.2, 0) is 4.79 Å². The first-order valence-corrected chi connectivity index (χ1v) is 9.67. The van der Waals surface area contributed by atoms with Crippen molar-refractivity contribution in [1.82, 2.24) is 4.90 Å². The largest absolute Gasteiger partial charge is 0.494 e. The summed E-state index contributed by atoms with van der Waals surface area (Å²) < 4.78 is 7.02. The van der Waals surface area contributed by atoms with Gasteiger partial charge in [0.2, 0.25) is 0 Å². The van der Waals surface area contributed by atoms with Crippen LogP contribution in [0.1, 0.15) is 19.3 Å². The van der Waals surface area contributed by atoms with Gasteiger partial charge in [-0.2, -0.15) is 0 Å². The van der Waals surface area contributed by atoms with E-state index >= 15 is 0 Å². The van der Waals surface area contributed by atoms with Crippen molar-refractivity contribution in [2.45, 2.75) is 25.3 Å². The molecular formula is C20H22INO3. The SMILES string of the molecule is O=C(O)C1CCCN1CCCOc1ccc(-c2cccc(I)c2)cc1. The zero-order chi connectivity index (χ0) is 17.6. The van der Waals surface area contributed by atoms with E-state index in [1.165, 1.54) is 14.7 Å². The number of hydrogen-bond acceptors (Lipinski definition) is 3. The van der Waals surface area contributed by atoms with Crippen LogP contribution in [0.5, 0.6) is 5.75 Å². The number of rotatable bonds is 7. The number of likely N-dealkylation sites (tertiary alicyclic amines) is 1.